The quantitative estimate of drug-likeness (QED) is 0.915. The first-order chi connectivity index (χ1) is 7.00. The van der Waals surface area contributed by atoms with E-state index in [1.54, 1.807) is 0 Å². The minimum atomic E-state index is 0.151. The summed E-state index contributed by atoms with van der Waals surface area (Å²) in [7, 11) is 0. The number of nitrogens with two attached hydrogens (primary N) is 1. The first-order valence-electron chi connectivity index (χ1n) is 5.14. The van der Waals surface area contributed by atoms with Gasteiger partial charge in [-0.3, -0.25) is 0 Å². The van der Waals surface area contributed by atoms with E-state index in [0.29, 0.717) is 6.04 Å². The van der Waals surface area contributed by atoms with Gasteiger partial charge in [-0.15, -0.1) is 0 Å². The van der Waals surface area contributed by atoms with Gasteiger partial charge in [-0.05, 0) is 48.8 Å². The molecule has 0 aliphatic carbocycles. The second-order valence-electron chi connectivity index (χ2n) is 4.06. The molecule has 0 bridgehead atoms. The third-order valence-electron chi connectivity index (χ3n) is 2.11. The second kappa shape index (κ2) is 5.47. The molecule has 2 N–H and O–H groups in total. The molecular weight excluding hydrogens is 254 g/mol. The summed E-state index contributed by atoms with van der Waals surface area (Å²) < 4.78 is 0.996. The Kier molecular flexibility index (Phi) is 4.54. The molecule has 0 aliphatic rings. The minimum Gasteiger partial charge on any atom is -0.353 e. The Morgan fingerprint density at radius 2 is 2.07 bits per heavy atom. The van der Waals surface area contributed by atoms with Crippen molar-refractivity contribution in [2.75, 3.05) is 11.4 Å². The van der Waals surface area contributed by atoms with E-state index < -0.39 is 0 Å². The molecule has 3 nitrogen and oxygen atoms in total. The zero-order valence-electron chi connectivity index (χ0n) is 9.44. The van der Waals surface area contributed by atoms with Gasteiger partial charge in [0.25, 0.3) is 0 Å². The van der Waals surface area contributed by atoms with Crippen molar-refractivity contribution < 1.29 is 0 Å². The molecule has 4 heteroatoms. The maximum atomic E-state index is 5.82. The van der Waals surface area contributed by atoms with Gasteiger partial charge in [0.15, 0.2) is 0 Å². The lowest BCUT2D eigenvalue weighted by atomic mass is 10.2. The van der Waals surface area contributed by atoms with Gasteiger partial charge < -0.3 is 10.6 Å². The topological polar surface area (TPSA) is 42.1 Å². The molecular formula is C11H18BrN3. The lowest BCUT2D eigenvalue weighted by Crippen LogP contribution is -2.40. The van der Waals surface area contributed by atoms with Crippen molar-refractivity contribution in [2.24, 2.45) is 5.73 Å². The second-order valence-corrected chi connectivity index (χ2v) is 4.97. The van der Waals surface area contributed by atoms with Crippen LogP contribution in [0.3, 0.4) is 0 Å². The van der Waals surface area contributed by atoms with Crippen LogP contribution in [0.25, 0.3) is 0 Å². The van der Waals surface area contributed by atoms with Crippen molar-refractivity contribution in [1.29, 1.82) is 0 Å². The van der Waals surface area contributed by atoms with Gasteiger partial charge in [0, 0.05) is 29.3 Å². The largest absolute Gasteiger partial charge is 0.353 e. The predicted octanol–water partition coefficient (Wildman–Crippen LogP) is 2.41. The van der Waals surface area contributed by atoms with Gasteiger partial charge in [0.1, 0.15) is 5.82 Å². The van der Waals surface area contributed by atoms with Crippen LogP contribution in [-0.2, 0) is 0 Å². The Balaban J connectivity index is 2.84. The average Bonchev–Trinajstić information content (AvgIpc) is 2.15. The molecule has 1 aromatic heterocycles. The van der Waals surface area contributed by atoms with E-state index in [1.165, 1.54) is 0 Å². The summed E-state index contributed by atoms with van der Waals surface area (Å²) in [6.07, 6.45) is 1.81. The van der Waals surface area contributed by atoms with E-state index in [-0.39, 0.29) is 6.04 Å². The van der Waals surface area contributed by atoms with Crippen molar-refractivity contribution in [1.82, 2.24) is 4.98 Å². The summed E-state index contributed by atoms with van der Waals surface area (Å²) >= 11 is 3.38. The zero-order chi connectivity index (χ0) is 11.4. The van der Waals surface area contributed by atoms with Crippen molar-refractivity contribution in [3.63, 3.8) is 0 Å². The number of hydrogen-bond donors (Lipinski definition) is 1. The Morgan fingerprint density at radius 1 is 1.40 bits per heavy atom. The molecule has 0 aromatic carbocycles. The maximum Gasteiger partial charge on any atom is 0.128 e. The molecule has 0 fully saturated rings. The fourth-order valence-corrected chi connectivity index (χ4v) is 1.65. The molecule has 15 heavy (non-hydrogen) atoms. The summed E-state index contributed by atoms with van der Waals surface area (Å²) in [5.41, 5.74) is 5.82. The Bertz CT molecular complexity index is 295. The molecule has 0 saturated carbocycles. The Labute approximate surface area is 99.8 Å². The molecule has 1 atom stereocenters. The standard InChI is InChI=1S/C11H18BrN3/c1-8(2)15(7-9(3)13)11-5-4-10(12)6-14-11/h4-6,8-9H,7,13H2,1-3H3. The average molecular weight is 272 g/mol. The third-order valence-corrected chi connectivity index (χ3v) is 2.58. The van der Waals surface area contributed by atoms with Crippen LogP contribution in [0.1, 0.15) is 20.8 Å². The Morgan fingerprint density at radius 3 is 2.47 bits per heavy atom. The number of hydrogen-bond acceptors (Lipinski definition) is 3. The number of aromatic nitrogens is 1. The van der Waals surface area contributed by atoms with E-state index >= 15 is 0 Å². The van der Waals surface area contributed by atoms with Crippen LogP contribution < -0.4 is 10.6 Å². The SMILES string of the molecule is CC(N)CN(c1ccc(Br)cn1)C(C)C. The van der Waals surface area contributed by atoms with Crippen molar-refractivity contribution in [3.8, 4) is 0 Å². The van der Waals surface area contributed by atoms with E-state index in [9.17, 15) is 0 Å². The van der Waals surface area contributed by atoms with E-state index in [1.807, 2.05) is 25.3 Å². The van der Waals surface area contributed by atoms with Crippen LogP contribution in [0.2, 0.25) is 0 Å². The van der Waals surface area contributed by atoms with Crippen LogP contribution in [0.5, 0.6) is 0 Å². The van der Waals surface area contributed by atoms with Crippen LogP contribution in [0, 0.1) is 0 Å². The number of pyridine rings is 1. The number of nitrogens with zero attached hydrogens (tertiary/aromatic N) is 2. The summed E-state index contributed by atoms with van der Waals surface area (Å²) in [5, 5.41) is 0. The highest BCUT2D eigenvalue weighted by Crippen LogP contribution is 2.17. The minimum absolute atomic E-state index is 0.151. The lowest BCUT2D eigenvalue weighted by Gasteiger charge is -2.29. The third kappa shape index (κ3) is 3.80. The first kappa shape index (κ1) is 12.5. The van der Waals surface area contributed by atoms with Crippen molar-refractivity contribution in [2.45, 2.75) is 32.9 Å². The van der Waals surface area contributed by atoms with Gasteiger partial charge in [0.2, 0.25) is 0 Å². The smallest absolute Gasteiger partial charge is 0.128 e. The molecule has 0 saturated heterocycles. The molecule has 84 valence electrons. The van der Waals surface area contributed by atoms with Crippen LogP contribution in [-0.4, -0.2) is 23.6 Å². The number of rotatable bonds is 4. The molecule has 0 spiro atoms. The lowest BCUT2D eigenvalue weighted by molar-refractivity contribution is 0.613. The van der Waals surface area contributed by atoms with Crippen LogP contribution >= 0.6 is 15.9 Å². The molecule has 0 amide bonds. The van der Waals surface area contributed by atoms with Crippen molar-refractivity contribution in [3.05, 3.63) is 22.8 Å². The van der Waals surface area contributed by atoms with Gasteiger partial charge in [-0.25, -0.2) is 4.98 Å². The van der Waals surface area contributed by atoms with E-state index in [2.05, 4.69) is 39.7 Å². The Hall–Kier alpha value is -0.610. The van der Waals surface area contributed by atoms with E-state index in [4.69, 9.17) is 5.73 Å². The van der Waals surface area contributed by atoms with Crippen LogP contribution in [0.15, 0.2) is 22.8 Å². The maximum absolute atomic E-state index is 5.82. The molecule has 1 heterocycles. The highest BCUT2D eigenvalue weighted by atomic mass is 79.9. The normalized spacial score (nSPS) is 12.9. The highest BCUT2D eigenvalue weighted by molar-refractivity contribution is 9.10. The molecule has 1 unspecified atom stereocenters. The number of anilines is 1. The molecule has 0 aliphatic heterocycles. The van der Waals surface area contributed by atoms with Gasteiger partial charge in [0.05, 0.1) is 0 Å². The van der Waals surface area contributed by atoms with Gasteiger partial charge in [-0.1, -0.05) is 0 Å². The summed E-state index contributed by atoms with van der Waals surface area (Å²) in [4.78, 5) is 6.58. The molecule has 0 radical (unpaired) electrons. The fraction of sp³-hybridized carbons (Fsp3) is 0.545. The monoisotopic (exact) mass is 271 g/mol. The molecule has 1 rings (SSSR count). The predicted molar refractivity (Wildman–Crippen MR) is 68.1 cm³/mol. The van der Waals surface area contributed by atoms with E-state index in [0.717, 1.165) is 16.8 Å². The molecule has 1 aromatic rings. The zero-order valence-corrected chi connectivity index (χ0v) is 11.0. The summed E-state index contributed by atoms with van der Waals surface area (Å²) in [6.45, 7) is 7.12. The van der Waals surface area contributed by atoms with Gasteiger partial charge in [-0.2, -0.15) is 0 Å². The number of halogens is 1. The van der Waals surface area contributed by atoms with Gasteiger partial charge >= 0.3 is 0 Å². The highest BCUT2D eigenvalue weighted by Gasteiger charge is 2.12. The fourth-order valence-electron chi connectivity index (χ4n) is 1.42. The summed E-state index contributed by atoms with van der Waals surface area (Å²) in [5.74, 6) is 0.977. The van der Waals surface area contributed by atoms with Crippen LogP contribution in [0.4, 0.5) is 5.82 Å². The van der Waals surface area contributed by atoms with Crippen molar-refractivity contribution >= 4 is 21.7 Å². The summed E-state index contributed by atoms with van der Waals surface area (Å²) in [6, 6.07) is 4.56. The first-order valence-corrected chi connectivity index (χ1v) is 5.93.